The molecule has 0 aromatic heterocycles. The highest BCUT2D eigenvalue weighted by Gasteiger charge is 2.40. The highest BCUT2D eigenvalue weighted by molar-refractivity contribution is 5.75. The molecule has 0 fully saturated rings. The molecule has 0 bridgehead atoms. The third-order valence-corrected chi connectivity index (χ3v) is 4.01. The minimum Gasteiger partial charge on any atom is -0.469 e. The molecule has 2 nitrogen and oxygen atoms in total. The number of hydrogen-bond acceptors (Lipinski definition) is 2. The van der Waals surface area contributed by atoms with Crippen LogP contribution in [0, 0.1) is 17.8 Å². The first-order chi connectivity index (χ1) is 7.65. The number of fused-ring (bicyclic) bond motifs is 1. The summed E-state index contributed by atoms with van der Waals surface area (Å²) in [6.07, 6.45) is 7.65. The van der Waals surface area contributed by atoms with Crippen molar-refractivity contribution in [2.75, 3.05) is 7.11 Å². The van der Waals surface area contributed by atoms with Crippen molar-refractivity contribution in [1.82, 2.24) is 0 Å². The summed E-state index contributed by atoms with van der Waals surface area (Å²) in [4.78, 5) is 11.8. The van der Waals surface area contributed by atoms with Gasteiger partial charge in [-0.2, -0.15) is 0 Å². The molecule has 0 saturated heterocycles. The molecule has 0 saturated carbocycles. The molecule has 3 atom stereocenters. The van der Waals surface area contributed by atoms with E-state index in [4.69, 9.17) is 4.74 Å². The molecule has 2 heteroatoms. The molecular weight excluding hydrogens is 200 g/mol. The Labute approximate surface area is 97.4 Å². The Hall–Kier alpha value is -1.05. The predicted molar refractivity (Wildman–Crippen MR) is 63.9 cm³/mol. The van der Waals surface area contributed by atoms with Crippen molar-refractivity contribution < 1.29 is 9.53 Å². The number of carbonyl (C=O) groups is 1. The minimum absolute atomic E-state index is 0.0403. The van der Waals surface area contributed by atoms with Crippen molar-refractivity contribution in [2.45, 2.75) is 33.1 Å². The van der Waals surface area contributed by atoms with Crippen LogP contribution in [-0.2, 0) is 9.53 Å². The molecule has 2 aliphatic carbocycles. The maximum Gasteiger partial charge on any atom is 0.309 e. The summed E-state index contributed by atoms with van der Waals surface area (Å²) in [6.45, 7) is 4.40. The quantitative estimate of drug-likeness (QED) is 0.635. The Balaban J connectivity index is 2.31. The van der Waals surface area contributed by atoms with Gasteiger partial charge < -0.3 is 4.74 Å². The second kappa shape index (κ2) is 4.44. The number of ether oxygens (including phenoxy) is 1. The Bertz CT molecular complexity index is 352. The van der Waals surface area contributed by atoms with Crippen LogP contribution in [-0.4, -0.2) is 13.1 Å². The summed E-state index contributed by atoms with van der Waals surface area (Å²) in [6, 6.07) is 0. The van der Waals surface area contributed by atoms with Gasteiger partial charge in [0.25, 0.3) is 0 Å². The van der Waals surface area contributed by atoms with Crippen LogP contribution in [0.1, 0.15) is 33.1 Å². The van der Waals surface area contributed by atoms with Gasteiger partial charge in [-0.1, -0.05) is 24.6 Å². The first kappa shape index (κ1) is 11.4. The fraction of sp³-hybridized carbons (Fsp3) is 0.643. The molecule has 2 rings (SSSR count). The second-order valence-corrected chi connectivity index (χ2v) is 5.05. The van der Waals surface area contributed by atoms with Gasteiger partial charge in [0.2, 0.25) is 0 Å². The van der Waals surface area contributed by atoms with Crippen LogP contribution in [0.3, 0.4) is 0 Å². The Morgan fingerprint density at radius 1 is 1.50 bits per heavy atom. The SMILES string of the molecule is COC(=O)[C@@H]1CC(C)=C2C=CCC[C@@H](C)[C@@H]21. The molecule has 0 radical (unpaired) electrons. The van der Waals surface area contributed by atoms with E-state index in [-0.39, 0.29) is 11.9 Å². The summed E-state index contributed by atoms with van der Waals surface area (Å²) in [7, 11) is 1.49. The van der Waals surface area contributed by atoms with E-state index < -0.39 is 0 Å². The predicted octanol–water partition coefficient (Wildman–Crippen LogP) is 3.10. The van der Waals surface area contributed by atoms with Crippen LogP contribution in [0.4, 0.5) is 0 Å². The smallest absolute Gasteiger partial charge is 0.309 e. The van der Waals surface area contributed by atoms with E-state index in [9.17, 15) is 4.79 Å². The van der Waals surface area contributed by atoms with Crippen LogP contribution in [0.15, 0.2) is 23.3 Å². The molecule has 0 unspecified atom stereocenters. The van der Waals surface area contributed by atoms with Gasteiger partial charge >= 0.3 is 5.97 Å². The third kappa shape index (κ3) is 1.81. The van der Waals surface area contributed by atoms with E-state index in [1.54, 1.807) is 0 Å². The van der Waals surface area contributed by atoms with Crippen LogP contribution in [0.2, 0.25) is 0 Å². The molecule has 0 aromatic rings. The first-order valence-corrected chi connectivity index (χ1v) is 6.09. The highest BCUT2D eigenvalue weighted by atomic mass is 16.5. The number of rotatable bonds is 1. The van der Waals surface area contributed by atoms with Crippen molar-refractivity contribution in [2.24, 2.45) is 17.8 Å². The Kier molecular flexibility index (Phi) is 3.17. The lowest BCUT2D eigenvalue weighted by Gasteiger charge is -2.24. The molecule has 16 heavy (non-hydrogen) atoms. The van der Waals surface area contributed by atoms with Crippen molar-refractivity contribution in [1.29, 1.82) is 0 Å². The van der Waals surface area contributed by atoms with E-state index in [2.05, 4.69) is 26.0 Å². The normalized spacial score (nSPS) is 33.6. The summed E-state index contributed by atoms with van der Waals surface area (Å²) >= 11 is 0. The second-order valence-electron chi connectivity index (χ2n) is 5.05. The number of allylic oxidation sites excluding steroid dienone is 4. The molecule has 0 N–H and O–H groups in total. The molecule has 0 aliphatic heterocycles. The fourth-order valence-corrected chi connectivity index (χ4v) is 3.16. The molecule has 0 heterocycles. The number of methoxy groups -OCH3 is 1. The molecule has 0 aromatic carbocycles. The lowest BCUT2D eigenvalue weighted by molar-refractivity contribution is -0.147. The van der Waals surface area contributed by atoms with Crippen LogP contribution >= 0.6 is 0 Å². The van der Waals surface area contributed by atoms with Crippen molar-refractivity contribution in [3.63, 3.8) is 0 Å². The zero-order valence-corrected chi connectivity index (χ0v) is 10.3. The van der Waals surface area contributed by atoms with Crippen LogP contribution in [0.25, 0.3) is 0 Å². The van der Waals surface area contributed by atoms with E-state index in [0.717, 1.165) is 12.8 Å². The zero-order valence-electron chi connectivity index (χ0n) is 10.3. The standard InChI is InChI=1S/C14H20O2/c1-9-6-4-5-7-11-10(2)8-12(13(9)11)14(15)16-3/h5,7,9,12-13H,4,6,8H2,1-3H3/t9-,12-,13+/m1/s1. The van der Waals surface area contributed by atoms with Crippen LogP contribution < -0.4 is 0 Å². The maximum atomic E-state index is 11.8. The van der Waals surface area contributed by atoms with Crippen molar-refractivity contribution >= 4 is 5.97 Å². The summed E-state index contributed by atoms with van der Waals surface area (Å²) in [5.41, 5.74) is 2.76. The monoisotopic (exact) mass is 220 g/mol. The highest BCUT2D eigenvalue weighted by Crippen LogP contribution is 2.45. The Morgan fingerprint density at radius 2 is 2.25 bits per heavy atom. The summed E-state index contributed by atoms with van der Waals surface area (Å²) in [5, 5.41) is 0. The molecule has 88 valence electrons. The van der Waals surface area contributed by atoms with Crippen molar-refractivity contribution in [3.05, 3.63) is 23.3 Å². The first-order valence-electron chi connectivity index (χ1n) is 6.09. The average Bonchev–Trinajstić information content (AvgIpc) is 2.47. The summed E-state index contributed by atoms with van der Waals surface area (Å²) < 4.78 is 4.93. The van der Waals surface area contributed by atoms with Gasteiger partial charge in [-0.05, 0) is 43.6 Å². The largest absolute Gasteiger partial charge is 0.469 e. The molecule has 2 aliphatic rings. The van der Waals surface area contributed by atoms with Gasteiger partial charge in [-0.3, -0.25) is 4.79 Å². The topological polar surface area (TPSA) is 26.3 Å². The van der Waals surface area contributed by atoms with E-state index in [1.807, 2.05) is 0 Å². The maximum absolute atomic E-state index is 11.8. The molecule has 0 spiro atoms. The van der Waals surface area contributed by atoms with E-state index >= 15 is 0 Å². The number of hydrogen-bond donors (Lipinski definition) is 0. The van der Waals surface area contributed by atoms with Gasteiger partial charge in [-0.15, -0.1) is 0 Å². The van der Waals surface area contributed by atoms with Gasteiger partial charge in [0.05, 0.1) is 13.0 Å². The lowest BCUT2D eigenvalue weighted by atomic mass is 9.80. The zero-order chi connectivity index (χ0) is 11.7. The van der Waals surface area contributed by atoms with Gasteiger partial charge in [0, 0.05) is 0 Å². The summed E-state index contributed by atoms with van der Waals surface area (Å²) in [5.74, 6) is 0.969. The van der Waals surface area contributed by atoms with Gasteiger partial charge in [-0.25, -0.2) is 0 Å². The minimum atomic E-state index is -0.0403. The average molecular weight is 220 g/mol. The molecule has 0 amide bonds. The van der Waals surface area contributed by atoms with Crippen molar-refractivity contribution in [3.8, 4) is 0 Å². The van der Waals surface area contributed by atoms with Gasteiger partial charge in [0.15, 0.2) is 0 Å². The fourth-order valence-electron chi connectivity index (χ4n) is 3.16. The molecular formula is C14H20O2. The third-order valence-electron chi connectivity index (χ3n) is 4.01. The van der Waals surface area contributed by atoms with E-state index in [1.165, 1.54) is 24.7 Å². The van der Waals surface area contributed by atoms with Crippen LogP contribution in [0.5, 0.6) is 0 Å². The number of esters is 1. The lowest BCUT2D eigenvalue weighted by Crippen LogP contribution is -2.26. The van der Waals surface area contributed by atoms with Gasteiger partial charge in [0.1, 0.15) is 0 Å². The Morgan fingerprint density at radius 3 is 2.94 bits per heavy atom. The number of carbonyl (C=O) groups excluding carboxylic acids is 1. The van der Waals surface area contributed by atoms with E-state index in [0.29, 0.717) is 11.8 Å².